The van der Waals surface area contributed by atoms with Gasteiger partial charge in [-0.05, 0) is 17.7 Å². The van der Waals surface area contributed by atoms with Gasteiger partial charge >= 0.3 is 0 Å². The summed E-state index contributed by atoms with van der Waals surface area (Å²) in [6, 6.07) is 5.41. The minimum absolute atomic E-state index is 0.150. The number of carbonyl (C=O) groups is 1. The molecular weight excluding hydrogens is 366 g/mol. The predicted octanol–water partition coefficient (Wildman–Crippen LogP) is 2.55. The predicted molar refractivity (Wildman–Crippen MR) is 105 cm³/mol. The van der Waals surface area contributed by atoms with Crippen molar-refractivity contribution in [3.8, 4) is 11.5 Å². The van der Waals surface area contributed by atoms with Crippen LogP contribution in [0.2, 0.25) is 0 Å². The molecule has 1 aromatic carbocycles. The van der Waals surface area contributed by atoms with Crippen LogP contribution in [0.3, 0.4) is 0 Å². The number of nitrogens with one attached hydrogen (secondary N) is 1. The van der Waals surface area contributed by atoms with Crippen LogP contribution in [0.4, 0.5) is 5.82 Å². The Morgan fingerprint density at radius 2 is 2.07 bits per heavy atom. The molecule has 2 heterocycles. The van der Waals surface area contributed by atoms with E-state index in [-0.39, 0.29) is 17.9 Å². The number of anilines is 1. The molecule has 0 fully saturated rings. The highest BCUT2D eigenvalue weighted by atomic mass is 32.2. The second-order valence-corrected chi connectivity index (χ2v) is 7.03. The van der Waals surface area contributed by atoms with E-state index in [4.69, 9.17) is 9.47 Å². The number of aromatic nitrogens is 2. The molecule has 1 aliphatic rings. The molecule has 0 unspecified atom stereocenters. The van der Waals surface area contributed by atoms with Crippen molar-refractivity contribution in [1.29, 1.82) is 0 Å². The fourth-order valence-electron chi connectivity index (χ4n) is 3.15. The van der Waals surface area contributed by atoms with E-state index >= 15 is 0 Å². The van der Waals surface area contributed by atoms with Crippen molar-refractivity contribution < 1.29 is 14.3 Å². The number of rotatable bonds is 6. The topological polar surface area (TPSA) is 82.5 Å². The van der Waals surface area contributed by atoms with Crippen LogP contribution in [0.25, 0.3) is 0 Å². The first-order valence-corrected chi connectivity index (χ1v) is 9.35. The van der Waals surface area contributed by atoms with Crippen LogP contribution in [-0.2, 0) is 11.8 Å². The van der Waals surface area contributed by atoms with Gasteiger partial charge < -0.3 is 19.4 Å². The molecule has 2 aromatic rings. The van der Waals surface area contributed by atoms with E-state index in [9.17, 15) is 9.59 Å². The molecule has 142 valence electrons. The molecule has 0 saturated carbocycles. The monoisotopic (exact) mass is 387 g/mol. The van der Waals surface area contributed by atoms with Gasteiger partial charge in [0.1, 0.15) is 5.82 Å². The number of hydrogen-bond donors (Lipinski definition) is 1. The lowest BCUT2D eigenvalue weighted by molar-refractivity contribution is -0.116. The van der Waals surface area contributed by atoms with Gasteiger partial charge in [0.05, 0.1) is 19.8 Å². The first-order chi connectivity index (χ1) is 13.0. The van der Waals surface area contributed by atoms with Crippen molar-refractivity contribution in [1.82, 2.24) is 9.55 Å². The number of ether oxygens (including phenoxy) is 2. The molecule has 1 atom stereocenters. The molecule has 7 nitrogen and oxygen atoms in total. The fraction of sp³-hybridized carbons (Fsp3) is 0.316. The van der Waals surface area contributed by atoms with Crippen molar-refractivity contribution in [2.24, 2.45) is 7.05 Å². The summed E-state index contributed by atoms with van der Waals surface area (Å²) in [5.41, 5.74) is 0.941. The Bertz CT molecular complexity index is 955. The van der Waals surface area contributed by atoms with E-state index in [0.717, 1.165) is 5.56 Å². The first-order valence-electron chi connectivity index (χ1n) is 8.36. The Morgan fingerprint density at radius 3 is 2.74 bits per heavy atom. The molecule has 1 N–H and O–H groups in total. The summed E-state index contributed by atoms with van der Waals surface area (Å²) in [7, 11) is 4.89. The average molecular weight is 387 g/mol. The van der Waals surface area contributed by atoms with Crippen molar-refractivity contribution >= 4 is 23.5 Å². The van der Waals surface area contributed by atoms with E-state index in [1.807, 2.05) is 6.07 Å². The van der Waals surface area contributed by atoms with Gasteiger partial charge in [-0.15, -0.1) is 6.58 Å². The zero-order valence-corrected chi connectivity index (χ0v) is 16.3. The average Bonchev–Trinajstić information content (AvgIpc) is 2.68. The van der Waals surface area contributed by atoms with E-state index in [2.05, 4.69) is 16.9 Å². The zero-order valence-electron chi connectivity index (χ0n) is 15.4. The van der Waals surface area contributed by atoms with Crippen LogP contribution in [0.15, 0.2) is 40.8 Å². The number of fused-ring (bicyclic) bond motifs is 1. The molecule has 0 bridgehead atoms. The molecule has 1 aromatic heterocycles. The Labute approximate surface area is 161 Å². The number of hydrogen-bond acceptors (Lipinski definition) is 6. The molecule has 1 aliphatic heterocycles. The quantitative estimate of drug-likeness (QED) is 0.466. The minimum Gasteiger partial charge on any atom is -0.493 e. The first kappa shape index (κ1) is 19.0. The number of nitrogens with zero attached hydrogens (tertiary/aromatic N) is 2. The summed E-state index contributed by atoms with van der Waals surface area (Å²) < 4.78 is 12.4. The molecule has 27 heavy (non-hydrogen) atoms. The van der Waals surface area contributed by atoms with E-state index in [0.29, 0.717) is 33.8 Å². The number of amides is 1. The summed E-state index contributed by atoms with van der Waals surface area (Å²) in [4.78, 5) is 29.4. The second-order valence-electron chi connectivity index (χ2n) is 6.04. The molecule has 3 rings (SSSR count). The van der Waals surface area contributed by atoms with Crippen LogP contribution in [-0.4, -0.2) is 35.4 Å². The van der Waals surface area contributed by atoms with Gasteiger partial charge in [0.2, 0.25) is 5.91 Å². The molecule has 0 aliphatic carbocycles. The summed E-state index contributed by atoms with van der Waals surface area (Å²) in [5.74, 6) is 1.68. The number of carbonyl (C=O) groups excluding carboxylic acids is 1. The van der Waals surface area contributed by atoms with Gasteiger partial charge in [-0.3, -0.25) is 9.59 Å². The van der Waals surface area contributed by atoms with E-state index in [1.165, 1.54) is 11.8 Å². The van der Waals surface area contributed by atoms with Gasteiger partial charge in [-0.2, -0.15) is 4.98 Å². The Balaban J connectivity index is 2.14. The highest BCUT2D eigenvalue weighted by Gasteiger charge is 2.32. The van der Waals surface area contributed by atoms with Crippen LogP contribution >= 0.6 is 11.8 Å². The highest BCUT2D eigenvalue weighted by molar-refractivity contribution is 7.99. The maximum absolute atomic E-state index is 12.8. The Morgan fingerprint density at radius 1 is 1.33 bits per heavy atom. The standard InChI is InChI=1S/C19H21N3O4S/c1-5-8-27-19-21-18(24)16-12(10-15(23)20-17(16)22(19)2)11-6-7-13(25-3)14(9-11)26-4/h5-7,9,12H,1,8,10H2,2-4H3,(H,20,23)/t12-/m0/s1. The lowest BCUT2D eigenvalue weighted by Gasteiger charge is -2.27. The number of methoxy groups -OCH3 is 2. The lowest BCUT2D eigenvalue weighted by atomic mass is 9.86. The third kappa shape index (κ3) is 3.57. The van der Waals surface area contributed by atoms with Gasteiger partial charge in [0.15, 0.2) is 16.7 Å². The number of benzene rings is 1. The van der Waals surface area contributed by atoms with Crippen LogP contribution in [0.5, 0.6) is 11.5 Å². The summed E-state index contributed by atoms with van der Waals surface area (Å²) >= 11 is 1.39. The normalized spacial score (nSPS) is 15.7. The molecule has 0 radical (unpaired) electrons. The fourth-order valence-corrected chi connectivity index (χ4v) is 3.85. The van der Waals surface area contributed by atoms with Crippen LogP contribution in [0.1, 0.15) is 23.5 Å². The molecule has 0 saturated heterocycles. The second kappa shape index (κ2) is 7.87. The smallest absolute Gasteiger partial charge is 0.279 e. The third-order valence-electron chi connectivity index (χ3n) is 4.44. The zero-order chi connectivity index (χ0) is 19.6. The van der Waals surface area contributed by atoms with Crippen molar-refractivity contribution in [2.75, 3.05) is 25.3 Å². The number of thioether (sulfide) groups is 1. The maximum atomic E-state index is 12.8. The van der Waals surface area contributed by atoms with Crippen LogP contribution < -0.4 is 20.3 Å². The Kier molecular flexibility index (Phi) is 5.55. The van der Waals surface area contributed by atoms with Gasteiger partial charge in [0, 0.05) is 25.1 Å². The third-order valence-corrected chi connectivity index (χ3v) is 5.47. The summed E-state index contributed by atoms with van der Waals surface area (Å²) in [6.07, 6.45) is 1.90. The highest BCUT2D eigenvalue weighted by Crippen LogP contribution is 2.39. The molecule has 8 heteroatoms. The molecule has 1 amide bonds. The molecule has 0 spiro atoms. The summed E-state index contributed by atoms with van der Waals surface area (Å²) in [6.45, 7) is 3.68. The van der Waals surface area contributed by atoms with Gasteiger partial charge in [-0.1, -0.05) is 23.9 Å². The van der Waals surface area contributed by atoms with E-state index in [1.54, 1.807) is 44.0 Å². The van der Waals surface area contributed by atoms with Crippen molar-refractivity contribution in [2.45, 2.75) is 17.5 Å². The van der Waals surface area contributed by atoms with Crippen LogP contribution in [0, 0.1) is 0 Å². The van der Waals surface area contributed by atoms with Gasteiger partial charge in [0.25, 0.3) is 5.56 Å². The largest absolute Gasteiger partial charge is 0.493 e. The van der Waals surface area contributed by atoms with Crippen molar-refractivity contribution in [3.05, 3.63) is 52.3 Å². The Hall–Kier alpha value is -2.74. The van der Waals surface area contributed by atoms with Crippen molar-refractivity contribution in [3.63, 3.8) is 0 Å². The SMILES string of the molecule is C=CCSc1nc(=O)c2c(n1C)NC(=O)C[C@H]2c1ccc(OC)c(OC)c1. The maximum Gasteiger partial charge on any atom is 0.279 e. The van der Waals surface area contributed by atoms with E-state index < -0.39 is 5.92 Å². The summed E-state index contributed by atoms with van der Waals surface area (Å²) in [5, 5.41) is 3.36. The minimum atomic E-state index is -0.404. The molecular formula is C19H21N3O4S. The lowest BCUT2D eigenvalue weighted by Crippen LogP contribution is -2.33. The van der Waals surface area contributed by atoms with Gasteiger partial charge in [-0.25, -0.2) is 0 Å².